The zero-order chi connectivity index (χ0) is 19.0. The average molecular weight is 373 g/mol. The maximum atomic E-state index is 6.30. The molecule has 1 N–H and O–H groups in total. The van der Waals surface area contributed by atoms with Gasteiger partial charge in [0.05, 0.1) is 0 Å². The van der Waals surface area contributed by atoms with E-state index in [1.54, 1.807) is 0 Å². The zero-order valence-electron chi connectivity index (χ0n) is 16.1. The highest BCUT2D eigenvalue weighted by molar-refractivity contribution is 5.47. The van der Waals surface area contributed by atoms with Crippen molar-refractivity contribution in [1.82, 2.24) is 5.32 Å². The largest absolute Gasteiger partial charge is 0.485 e. The summed E-state index contributed by atoms with van der Waals surface area (Å²) < 4.78 is 12.5. The van der Waals surface area contributed by atoms with E-state index < -0.39 is 0 Å². The predicted molar refractivity (Wildman–Crippen MR) is 113 cm³/mol. The van der Waals surface area contributed by atoms with Gasteiger partial charge >= 0.3 is 0 Å². The molecule has 4 rings (SSSR count). The first-order chi connectivity index (χ1) is 13.9. The molecular formula is C25H27NO2. The van der Waals surface area contributed by atoms with Crippen molar-refractivity contribution in [2.45, 2.75) is 38.5 Å². The standard InChI is InChI=1S/C25H27NO2/c1-3-9-20(10-4-1)18-27-24-15-7-13-22(17-23-14-8-16-26-23)25(24)28-19-21-11-5-2-6-12-21/h1-7,9-13,15,23,26H,8,14,16-19H2. The summed E-state index contributed by atoms with van der Waals surface area (Å²) in [5.74, 6) is 1.69. The first-order valence-corrected chi connectivity index (χ1v) is 10.1. The van der Waals surface area contributed by atoms with E-state index >= 15 is 0 Å². The third kappa shape index (κ3) is 4.93. The molecule has 3 heteroatoms. The molecule has 0 radical (unpaired) electrons. The van der Waals surface area contributed by atoms with Crippen LogP contribution in [0.4, 0.5) is 0 Å². The number of hydrogen-bond acceptors (Lipinski definition) is 3. The first kappa shape index (κ1) is 18.6. The Morgan fingerprint density at radius 2 is 1.43 bits per heavy atom. The minimum atomic E-state index is 0.517. The van der Waals surface area contributed by atoms with Crippen molar-refractivity contribution in [3.8, 4) is 11.5 Å². The number of benzene rings is 3. The monoisotopic (exact) mass is 373 g/mol. The molecule has 1 aliphatic heterocycles. The fraction of sp³-hybridized carbons (Fsp3) is 0.280. The molecule has 0 aromatic heterocycles. The fourth-order valence-corrected chi connectivity index (χ4v) is 3.66. The summed E-state index contributed by atoms with van der Waals surface area (Å²) in [6.07, 6.45) is 3.43. The summed E-state index contributed by atoms with van der Waals surface area (Å²) in [6, 6.07) is 27.3. The molecule has 1 atom stereocenters. The van der Waals surface area contributed by atoms with E-state index in [1.165, 1.54) is 18.4 Å². The van der Waals surface area contributed by atoms with Gasteiger partial charge in [-0.25, -0.2) is 0 Å². The van der Waals surface area contributed by atoms with E-state index in [4.69, 9.17) is 9.47 Å². The Labute approximate surface area is 167 Å². The van der Waals surface area contributed by atoms with Crippen LogP contribution in [0.3, 0.4) is 0 Å². The molecule has 0 spiro atoms. The molecule has 3 nitrogen and oxygen atoms in total. The van der Waals surface area contributed by atoms with Crippen molar-refractivity contribution in [3.05, 3.63) is 95.6 Å². The lowest BCUT2D eigenvalue weighted by molar-refractivity contribution is 0.253. The van der Waals surface area contributed by atoms with Gasteiger partial charge in [-0.1, -0.05) is 72.8 Å². The third-order valence-electron chi connectivity index (χ3n) is 5.15. The number of hydrogen-bond donors (Lipinski definition) is 1. The van der Waals surface area contributed by atoms with Gasteiger partial charge in [-0.05, 0) is 48.6 Å². The normalized spacial score (nSPS) is 16.1. The van der Waals surface area contributed by atoms with Crippen LogP contribution in [0.15, 0.2) is 78.9 Å². The van der Waals surface area contributed by atoms with Crippen LogP contribution in [0.25, 0.3) is 0 Å². The Balaban J connectivity index is 1.54. The number of rotatable bonds is 8. The lowest BCUT2D eigenvalue weighted by Gasteiger charge is -2.19. The molecule has 1 saturated heterocycles. The van der Waals surface area contributed by atoms with Gasteiger partial charge in [-0.2, -0.15) is 0 Å². The highest BCUT2D eigenvalue weighted by Gasteiger charge is 2.19. The number of para-hydroxylation sites is 1. The quantitative estimate of drug-likeness (QED) is 0.593. The van der Waals surface area contributed by atoms with Gasteiger partial charge in [0, 0.05) is 6.04 Å². The second-order valence-corrected chi connectivity index (χ2v) is 7.29. The Hall–Kier alpha value is -2.78. The van der Waals surface area contributed by atoms with Crippen molar-refractivity contribution in [2.75, 3.05) is 6.54 Å². The van der Waals surface area contributed by atoms with Gasteiger partial charge in [0.25, 0.3) is 0 Å². The minimum Gasteiger partial charge on any atom is -0.485 e. The van der Waals surface area contributed by atoms with E-state index in [9.17, 15) is 0 Å². The Kier molecular flexibility index (Phi) is 6.25. The maximum absolute atomic E-state index is 6.30. The second kappa shape index (κ2) is 9.43. The van der Waals surface area contributed by atoms with Crippen molar-refractivity contribution >= 4 is 0 Å². The van der Waals surface area contributed by atoms with Crippen molar-refractivity contribution in [2.24, 2.45) is 0 Å². The van der Waals surface area contributed by atoms with Gasteiger partial charge < -0.3 is 14.8 Å². The summed E-state index contributed by atoms with van der Waals surface area (Å²) in [5.41, 5.74) is 3.52. The molecule has 3 aromatic carbocycles. The van der Waals surface area contributed by atoms with Crippen LogP contribution in [-0.2, 0) is 19.6 Å². The smallest absolute Gasteiger partial charge is 0.164 e. The summed E-state index contributed by atoms with van der Waals surface area (Å²) in [6.45, 7) is 2.18. The molecule has 1 fully saturated rings. The highest BCUT2D eigenvalue weighted by Crippen LogP contribution is 2.34. The second-order valence-electron chi connectivity index (χ2n) is 7.29. The SMILES string of the molecule is c1ccc(COc2cccc(CC3CCCN3)c2OCc2ccccc2)cc1. The minimum absolute atomic E-state index is 0.517. The van der Waals surface area contributed by atoms with Crippen molar-refractivity contribution in [1.29, 1.82) is 0 Å². The summed E-state index contributed by atoms with van der Waals surface area (Å²) in [4.78, 5) is 0. The van der Waals surface area contributed by atoms with Crippen LogP contribution in [0.5, 0.6) is 11.5 Å². The van der Waals surface area contributed by atoms with Crippen LogP contribution in [-0.4, -0.2) is 12.6 Å². The molecule has 0 aliphatic carbocycles. The van der Waals surface area contributed by atoms with Crippen LogP contribution < -0.4 is 14.8 Å². The molecule has 1 unspecified atom stereocenters. The van der Waals surface area contributed by atoms with E-state index in [0.717, 1.165) is 35.6 Å². The number of nitrogens with one attached hydrogen (secondary N) is 1. The van der Waals surface area contributed by atoms with E-state index in [1.807, 2.05) is 42.5 Å². The van der Waals surface area contributed by atoms with Gasteiger partial charge in [0.2, 0.25) is 0 Å². The summed E-state index contributed by atoms with van der Waals surface area (Å²) in [5, 5.41) is 3.59. The first-order valence-electron chi connectivity index (χ1n) is 10.1. The van der Waals surface area contributed by atoms with Crippen LogP contribution >= 0.6 is 0 Å². The molecule has 1 aliphatic rings. The zero-order valence-corrected chi connectivity index (χ0v) is 16.1. The molecular weight excluding hydrogens is 346 g/mol. The van der Waals surface area contributed by atoms with Crippen LogP contribution in [0, 0.1) is 0 Å². The molecule has 28 heavy (non-hydrogen) atoms. The Bertz CT molecular complexity index is 858. The topological polar surface area (TPSA) is 30.5 Å². The average Bonchev–Trinajstić information content (AvgIpc) is 3.26. The highest BCUT2D eigenvalue weighted by atomic mass is 16.5. The van der Waals surface area contributed by atoms with Crippen molar-refractivity contribution in [3.63, 3.8) is 0 Å². The molecule has 0 amide bonds. The van der Waals surface area contributed by atoms with Gasteiger partial charge in [0.1, 0.15) is 13.2 Å². The third-order valence-corrected chi connectivity index (χ3v) is 5.15. The van der Waals surface area contributed by atoms with Gasteiger partial charge in [-0.15, -0.1) is 0 Å². The van der Waals surface area contributed by atoms with E-state index in [-0.39, 0.29) is 0 Å². The molecule has 0 bridgehead atoms. The Morgan fingerprint density at radius 1 is 0.750 bits per heavy atom. The van der Waals surface area contributed by atoms with Gasteiger partial charge in [-0.3, -0.25) is 0 Å². The number of ether oxygens (including phenoxy) is 2. The van der Waals surface area contributed by atoms with E-state index in [0.29, 0.717) is 19.3 Å². The maximum Gasteiger partial charge on any atom is 0.164 e. The Morgan fingerprint density at radius 3 is 2.07 bits per heavy atom. The molecule has 1 heterocycles. The van der Waals surface area contributed by atoms with Crippen LogP contribution in [0.1, 0.15) is 29.5 Å². The predicted octanol–water partition coefficient (Wildman–Crippen LogP) is 5.14. The summed E-state index contributed by atoms with van der Waals surface area (Å²) >= 11 is 0. The van der Waals surface area contributed by atoms with Gasteiger partial charge in [0.15, 0.2) is 11.5 Å². The lowest BCUT2D eigenvalue weighted by Crippen LogP contribution is -2.24. The summed E-state index contributed by atoms with van der Waals surface area (Å²) in [7, 11) is 0. The van der Waals surface area contributed by atoms with Crippen molar-refractivity contribution < 1.29 is 9.47 Å². The molecule has 3 aromatic rings. The molecule has 144 valence electrons. The molecule has 0 saturated carbocycles. The fourth-order valence-electron chi connectivity index (χ4n) is 3.66. The van der Waals surface area contributed by atoms with Crippen LogP contribution in [0.2, 0.25) is 0 Å². The van der Waals surface area contributed by atoms with E-state index in [2.05, 4.69) is 41.7 Å². The lowest BCUT2D eigenvalue weighted by atomic mass is 10.0.